The lowest BCUT2D eigenvalue weighted by Crippen LogP contribution is -2.23. The molecule has 1 aromatic carbocycles. The zero-order valence-electron chi connectivity index (χ0n) is 13.3. The van der Waals surface area contributed by atoms with Crippen molar-refractivity contribution in [2.45, 2.75) is 37.3 Å². The van der Waals surface area contributed by atoms with E-state index in [0.29, 0.717) is 22.4 Å². The van der Waals surface area contributed by atoms with Crippen molar-refractivity contribution in [3.05, 3.63) is 40.9 Å². The smallest absolute Gasteiger partial charge is 0.268 e. The summed E-state index contributed by atoms with van der Waals surface area (Å²) in [6.45, 7) is 0. The molecule has 0 amide bonds. The molecule has 0 aliphatic heterocycles. The lowest BCUT2D eigenvalue weighted by Gasteiger charge is -2.21. The summed E-state index contributed by atoms with van der Waals surface area (Å²) < 4.78 is 1.54. The molecule has 1 fully saturated rings. The minimum atomic E-state index is -0.108. The molecular weight excluding hydrogens is 322 g/mol. The SMILES string of the molecule is O=c1c2ccccc2nc(SCC2CCCCC2)n1-c1ncn[nH]1. The number of para-hydroxylation sites is 1. The van der Waals surface area contributed by atoms with Gasteiger partial charge >= 0.3 is 0 Å². The molecule has 3 aromatic rings. The molecule has 2 aromatic heterocycles. The van der Waals surface area contributed by atoms with E-state index >= 15 is 0 Å². The van der Waals surface area contributed by atoms with Gasteiger partial charge in [-0.15, -0.1) is 0 Å². The molecule has 0 bridgehead atoms. The molecule has 0 atom stereocenters. The van der Waals surface area contributed by atoms with E-state index in [1.54, 1.807) is 22.4 Å². The van der Waals surface area contributed by atoms with Gasteiger partial charge in [-0.1, -0.05) is 43.2 Å². The van der Waals surface area contributed by atoms with Gasteiger partial charge in [0, 0.05) is 5.75 Å². The van der Waals surface area contributed by atoms with Gasteiger partial charge in [0.1, 0.15) is 6.33 Å². The highest BCUT2D eigenvalue weighted by Gasteiger charge is 2.18. The van der Waals surface area contributed by atoms with Gasteiger partial charge in [-0.3, -0.25) is 4.79 Å². The van der Waals surface area contributed by atoms with Gasteiger partial charge in [0.15, 0.2) is 5.16 Å². The molecule has 2 heterocycles. The molecule has 0 spiro atoms. The van der Waals surface area contributed by atoms with Crippen molar-refractivity contribution in [1.29, 1.82) is 0 Å². The number of rotatable bonds is 4. The van der Waals surface area contributed by atoms with E-state index in [-0.39, 0.29) is 5.56 Å². The first-order chi connectivity index (χ1) is 11.8. The van der Waals surface area contributed by atoms with Crippen LogP contribution in [0.1, 0.15) is 32.1 Å². The van der Waals surface area contributed by atoms with Crippen LogP contribution in [0.2, 0.25) is 0 Å². The van der Waals surface area contributed by atoms with Crippen molar-refractivity contribution < 1.29 is 0 Å². The highest BCUT2D eigenvalue weighted by molar-refractivity contribution is 7.99. The monoisotopic (exact) mass is 341 g/mol. The number of thioether (sulfide) groups is 1. The Morgan fingerprint density at radius 3 is 2.83 bits per heavy atom. The Bertz CT molecular complexity index is 884. The van der Waals surface area contributed by atoms with E-state index in [1.807, 2.05) is 18.2 Å². The molecule has 7 heteroatoms. The van der Waals surface area contributed by atoms with Gasteiger partial charge in [0.2, 0.25) is 5.95 Å². The van der Waals surface area contributed by atoms with Crippen molar-refractivity contribution in [3.63, 3.8) is 0 Å². The summed E-state index contributed by atoms with van der Waals surface area (Å²) in [5.41, 5.74) is 0.618. The summed E-state index contributed by atoms with van der Waals surface area (Å²) in [6, 6.07) is 7.44. The Hall–Kier alpha value is -2.15. The van der Waals surface area contributed by atoms with Gasteiger partial charge in [0.05, 0.1) is 10.9 Å². The Kier molecular flexibility index (Phi) is 4.34. The van der Waals surface area contributed by atoms with E-state index in [1.165, 1.54) is 38.4 Å². The van der Waals surface area contributed by atoms with Crippen LogP contribution in [-0.2, 0) is 0 Å². The van der Waals surface area contributed by atoms with Gasteiger partial charge in [-0.25, -0.2) is 14.6 Å². The third kappa shape index (κ3) is 2.96. The Balaban J connectivity index is 1.74. The van der Waals surface area contributed by atoms with Crippen molar-refractivity contribution in [1.82, 2.24) is 24.7 Å². The normalized spacial score (nSPS) is 15.8. The fourth-order valence-electron chi connectivity index (χ4n) is 3.25. The summed E-state index contributed by atoms with van der Waals surface area (Å²) in [7, 11) is 0. The molecule has 4 rings (SSSR count). The Morgan fingerprint density at radius 2 is 2.04 bits per heavy atom. The predicted octanol–water partition coefficient (Wildman–Crippen LogP) is 3.18. The van der Waals surface area contributed by atoms with Crippen LogP contribution in [0, 0.1) is 5.92 Å². The Labute approximate surface area is 143 Å². The fraction of sp³-hybridized carbons (Fsp3) is 0.412. The fourth-order valence-corrected chi connectivity index (χ4v) is 4.43. The van der Waals surface area contributed by atoms with E-state index in [9.17, 15) is 4.79 Å². The van der Waals surface area contributed by atoms with Gasteiger partial charge < -0.3 is 0 Å². The highest BCUT2D eigenvalue weighted by atomic mass is 32.2. The third-order valence-corrected chi connectivity index (χ3v) is 5.70. The van der Waals surface area contributed by atoms with Gasteiger partial charge in [-0.2, -0.15) is 10.1 Å². The highest BCUT2D eigenvalue weighted by Crippen LogP contribution is 2.29. The lowest BCUT2D eigenvalue weighted by atomic mass is 9.91. The zero-order valence-corrected chi connectivity index (χ0v) is 14.1. The van der Waals surface area contributed by atoms with Crippen LogP contribution in [0.4, 0.5) is 0 Å². The number of hydrogen-bond donors (Lipinski definition) is 1. The first-order valence-corrected chi connectivity index (χ1v) is 9.32. The van der Waals surface area contributed by atoms with Gasteiger partial charge in [0.25, 0.3) is 5.56 Å². The lowest BCUT2D eigenvalue weighted by molar-refractivity contribution is 0.390. The van der Waals surface area contributed by atoms with Gasteiger partial charge in [-0.05, 0) is 30.9 Å². The number of nitrogens with one attached hydrogen (secondary N) is 1. The largest absolute Gasteiger partial charge is 0.269 e. The van der Waals surface area contributed by atoms with Crippen LogP contribution in [0.3, 0.4) is 0 Å². The maximum atomic E-state index is 12.9. The standard InChI is InChI=1S/C17H19N5OS/c23-15-13-8-4-5-9-14(13)20-17(22(15)16-18-11-19-21-16)24-10-12-6-2-1-3-7-12/h4-5,8-9,11-12H,1-3,6-7,10H2,(H,18,19,21). The number of hydrogen-bond acceptors (Lipinski definition) is 5. The van der Waals surface area contributed by atoms with Crippen LogP contribution < -0.4 is 5.56 Å². The summed E-state index contributed by atoms with van der Waals surface area (Å²) in [5, 5.41) is 7.94. The van der Waals surface area contributed by atoms with Crippen LogP contribution in [0.25, 0.3) is 16.9 Å². The summed E-state index contributed by atoms with van der Waals surface area (Å²) in [4.78, 5) is 21.8. The molecule has 1 aliphatic rings. The second-order valence-corrected chi connectivity index (χ2v) is 7.16. The van der Waals surface area contributed by atoms with E-state index in [4.69, 9.17) is 4.98 Å². The molecule has 1 N–H and O–H groups in total. The molecule has 6 nitrogen and oxygen atoms in total. The van der Waals surface area contributed by atoms with Crippen molar-refractivity contribution in [2.24, 2.45) is 5.92 Å². The Morgan fingerprint density at radius 1 is 1.21 bits per heavy atom. The number of H-pyrrole nitrogens is 1. The average molecular weight is 341 g/mol. The maximum absolute atomic E-state index is 12.9. The van der Waals surface area contributed by atoms with Crippen LogP contribution in [0.5, 0.6) is 0 Å². The second-order valence-electron chi connectivity index (χ2n) is 6.18. The maximum Gasteiger partial charge on any atom is 0.269 e. The van der Waals surface area contributed by atoms with Crippen molar-refractivity contribution >= 4 is 22.7 Å². The number of nitrogens with zero attached hydrogens (tertiary/aromatic N) is 4. The zero-order chi connectivity index (χ0) is 16.4. The molecule has 1 aliphatic carbocycles. The quantitative estimate of drug-likeness (QED) is 0.582. The summed E-state index contributed by atoms with van der Waals surface area (Å²) >= 11 is 1.64. The molecule has 1 saturated carbocycles. The molecule has 24 heavy (non-hydrogen) atoms. The minimum Gasteiger partial charge on any atom is -0.268 e. The van der Waals surface area contributed by atoms with E-state index < -0.39 is 0 Å². The number of aromatic nitrogens is 5. The van der Waals surface area contributed by atoms with Crippen LogP contribution in [0.15, 0.2) is 40.5 Å². The topological polar surface area (TPSA) is 76.5 Å². The van der Waals surface area contributed by atoms with Crippen LogP contribution in [-0.4, -0.2) is 30.5 Å². The first-order valence-electron chi connectivity index (χ1n) is 8.33. The van der Waals surface area contributed by atoms with Crippen LogP contribution >= 0.6 is 11.8 Å². The molecule has 124 valence electrons. The summed E-state index contributed by atoms with van der Waals surface area (Å²) in [6.07, 6.45) is 7.92. The first kappa shape index (κ1) is 15.4. The molecule has 0 saturated heterocycles. The minimum absolute atomic E-state index is 0.108. The van der Waals surface area contributed by atoms with E-state index in [0.717, 1.165) is 11.3 Å². The summed E-state index contributed by atoms with van der Waals surface area (Å²) in [5.74, 6) is 2.11. The average Bonchev–Trinajstić information content (AvgIpc) is 3.15. The molecule has 0 radical (unpaired) electrons. The van der Waals surface area contributed by atoms with E-state index in [2.05, 4.69) is 15.2 Å². The third-order valence-electron chi connectivity index (χ3n) is 4.53. The number of aromatic amines is 1. The number of benzene rings is 1. The van der Waals surface area contributed by atoms with Crippen molar-refractivity contribution in [2.75, 3.05) is 5.75 Å². The van der Waals surface area contributed by atoms with Crippen molar-refractivity contribution in [3.8, 4) is 5.95 Å². The second kappa shape index (κ2) is 6.76. The molecule has 0 unspecified atom stereocenters. The predicted molar refractivity (Wildman–Crippen MR) is 94.6 cm³/mol. The molecular formula is C17H19N5OS. The number of fused-ring (bicyclic) bond motifs is 1.